The van der Waals surface area contributed by atoms with E-state index in [4.69, 9.17) is 28.9 Å². The third-order valence-corrected chi connectivity index (χ3v) is 4.45. The molecule has 0 fully saturated rings. The lowest BCUT2D eigenvalue weighted by molar-refractivity contribution is -0.146. The molecule has 5 nitrogen and oxygen atoms in total. The number of hydrogen-bond donors (Lipinski definition) is 2. The Morgan fingerprint density at radius 1 is 1.15 bits per heavy atom. The summed E-state index contributed by atoms with van der Waals surface area (Å²) in [7, 11) is 0. The number of imidazole rings is 1. The first-order valence-electron chi connectivity index (χ1n) is 7.76. The normalized spacial score (nSPS) is 11.8. The number of rotatable bonds is 4. The Balaban J connectivity index is 2.09. The molecular formula is C17H13Cl2F3N4O. The predicted molar refractivity (Wildman–Crippen MR) is 98.2 cm³/mol. The maximum Gasteiger partial charge on any atom is 0.449 e. The molecule has 3 N–H and O–H groups in total. The van der Waals surface area contributed by atoms with Gasteiger partial charge < -0.3 is 15.6 Å². The van der Waals surface area contributed by atoms with Crippen molar-refractivity contribution in [3.8, 4) is 0 Å². The molecule has 1 heterocycles. The number of para-hydroxylation sites is 1. The lowest BCUT2D eigenvalue weighted by atomic mass is 10.2. The standard InChI is InChI=1S/C17H13Cl2F3N4O/c18-9-3-1-4-10(19)13(9)15(27)24-11-5-2-6-12-14(11)25-16(17(20,21)22)26(12)8-7-23/h1-6H,7-8,23H2,(H,24,27). The molecule has 0 spiro atoms. The van der Waals surface area contributed by atoms with Crippen molar-refractivity contribution >= 4 is 45.8 Å². The van der Waals surface area contributed by atoms with Crippen LogP contribution in [0.5, 0.6) is 0 Å². The Hall–Kier alpha value is -2.29. The number of carbonyl (C=O) groups excluding carboxylic acids is 1. The lowest BCUT2D eigenvalue weighted by Gasteiger charge is -2.10. The molecule has 3 rings (SSSR count). The van der Waals surface area contributed by atoms with Crippen molar-refractivity contribution in [2.45, 2.75) is 12.7 Å². The number of aromatic nitrogens is 2. The number of hydrogen-bond acceptors (Lipinski definition) is 3. The molecular weight excluding hydrogens is 404 g/mol. The number of alkyl halides is 3. The fraction of sp³-hybridized carbons (Fsp3) is 0.176. The van der Waals surface area contributed by atoms with Crippen molar-refractivity contribution in [2.75, 3.05) is 11.9 Å². The number of nitrogens with two attached hydrogens (primary N) is 1. The van der Waals surface area contributed by atoms with Crippen molar-refractivity contribution in [1.82, 2.24) is 9.55 Å². The highest BCUT2D eigenvalue weighted by Crippen LogP contribution is 2.34. The molecule has 10 heteroatoms. The van der Waals surface area contributed by atoms with Crippen LogP contribution in [0.3, 0.4) is 0 Å². The van der Waals surface area contributed by atoms with Gasteiger partial charge in [0.1, 0.15) is 5.52 Å². The molecule has 0 radical (unpaired) electrons. The van der Waals surface area contributed by atoms with Crippen molar-refractivity contribution in [3.05, 3.63) is 57.8 Å². The molecule has 0 unspecified atom stereocenters. The van der Waals surface area contributed by atoms with Gasteiger partial charge in [-0.25, -0.2) is 4.98 Å². The van der Waals surface area contributed by atoms with Crippen LogP contribution in [-0.2, 0) is 12.7 Å². The fourth-order valence-electron chi connectivity index (χ4n) is 2.72. The van der Waals surface area contributed by atoms with E-state index < -0.39 is 17.9 Å². The largest absolute Gasteiger partial charge is 0.449 e. The molecule has 0 bridgehead atoms. The Kier molecular flexibility index (Phi) is 5.32. The quantitative estimate of drug-likeness (QED) is 0.653. The second-order valence-electron chi connectivity index (χ2n) is 5.60. The van der Waals surface area contributed by atoms with Crippen molar-refractivity contribution in [2.24, 2.45) is 5.73 Å². The van der Waals surface area contributed by atoms with E-state index >= 15 is 0 Å². The number of amides is 1. The van der Waals surface area contributed by atoms with Gasteiger partial charge in [0.05, 0.1) is 26.8 Å². The van der Waals surface area contributed by atoms with Gasteiger partial charge in [-0.2, -0.15) is 13.2 Å². The van der Waals surface area contributed by atoms with E-state index in [9.17, 15) is 18.0 Å². The molecule has 0 aliphatic rings. The van der Waals surface area contributed by atoms with Gasteiger partial charge >= 0.3 is 6.18 Å². The van der Waals surface area contributed by atoms with Gasteiger partial charge in [-0.3, -0.25) is 4.79 Å². The minimum Gasteiger partial charge on any atom is -0.329 e. The summed E-state index contributed by atoms with van der Waals surface area (Å²) in [5, 5.41) is 2.78. The van der Waals surface area contributed by atoms with Crippen LogP contribution in [0.2, 0.25) is 10.0 Å². The Morgan fingerprint density at radius 3 is 2.37 bits per heavy atom. The monoisotopic (exact) mass is 416 g/mol. The molecule has 0 atom stereocenters. The van der Waals surface area contributed by atoms with Crippen molar-refractivity contribution < 1.29 is 18.0 Å². The zero-order valence-electron chi connectivity index (χ0n) is 13.6. The van der Waals surface area contributed by atoms with Gasteiger partial charge in [0.15, 0.2) is 0 Å². The molecule has 3 aromatic rings. The summed E-state index contributed by atoms with van der Waals surface area (Å²) >= 11 is 12.0. The van der Waals surface area contributed by atoms with Gasteiger partial charge in [0.2, 0.25) is 5.82 Å². The van der Waals surface area contributed by atoms with E-state index in [1.807, 2.05) is 0 Å². The summed E-state index contributed by atoms with van der Waals surface area (Å²) in [5.74, 6) is -1.74. The molecule has 1 aromatic heterocycles. The maximum absolute atomic E-state index is 13.3. The summed E-state index contributed by atoms with van der Waals surface area (Å²) in [6, 6.07) is 8.99. The zero-order valence-corrected chi connectivity index (χ0v) is 15.2. The zero-order chi connectivity index (χ0) is 19.8. The number of carbonyl (C=O) groups is 1. The summed E-state index contributed by atoms with van der Waals surface area (Å²) in [6.07, 6.45) is -4.67. The first kappa shape index (κ1) is 19.5. The lowest BCUT2D eigenvalue weighted by Crippen LogP contribution is -2.18. The van der Waals surface area contributed by atoms with Gasteiger partial charge in [-0.05, 0) is 24.3 Å². The number of anilines is 1. The average Bonchev–Trinajstić information content (AvgIpc) is 2.95. The van der Waals surface area contributed by atoms with E-state index in [1.54, 1.807) is 6.07 Å². The van der Waals surface area contributed by atoms with E-state index in [-0.39, 0.29) is 45.4 Å². The Bertz CT molecular complexity index is 997. The van der Waals surface area contributed by atoms with Gasteiger partial charge in [0, 0.05) is 13.1 Å². The maximum atomic E-state index is 13.3. The van der Waals surface area contributed by atoms with Crippen LogP contribution < -0.4 is 11.1 Å². The first-order chi connectivity index (χ1) is 12.7. The smallest absolute Gasteiger partial charge is 0.329 e. The summed E-state index contributed by atoms with van der Waals surface area (Å²) in [6.45, 7) is -0.0700. The Labute approximate surface area is 161 Å². The molecule has 142 valence electrons. The molecule has 0 saturated carbocycles. The average molecular weight is 417 g/mol. The van der Waals surface area contributed by atoms with E-state index in [0.29, 0.717) is 0 Å². The predicted octanol–water partition coefficient (Wildman–Crippen LogP) is 4.57. The van der Waals surface area contributed by atoms with Gasteiger partial charge in [-0.1, -0.05) is 35.3 Å². The topological polar surface area (TPSA) is 72.9 Å². The molecule has 0 saturated heterocycles. The highest BCUT2D eigenvalue weighted by Gasteiger charge is 2.37. The van der Waals surface area contributed by atoms with Gasteiger partial charge in [0.25, 0.3) is 5.91 Å². The highest BCUT2D eigenvalue weighted by molar-refractivity contribution is 6.40. The minimum absolute atomic E-state index is 0.000355. The fourth-order valence-corrected chi connectivity index (χ4v) is 3.29. The van der Waals surface area contributed by atoms with E-state index in [0.717, 1.165) is 4.57 Å². The summed E-state index contributed by atoms with van der Waals surface area (Å²) in [4.78, 5) is 16.3. The first-order valence-corrected chi connectivity index (χ1v) is 8.51. The molecule has 2 aromatic carbocycles. The van der Waals surface area contributed by atoms with Crippen LogP contribution in [0.4, 0.5) is 18.9 Å². The summed E-state index contributed by atoms with van der Waals surface area (Å²) < 4.78 is 41.0. The van der Waals surface area contributed by atoms with E-state index in [2.05, 4.69) is 10.3 Å². The SMILES string of the molecule is NCCn1c(C(F)(F)F)nc2c(NC(=O)c3c(Cl)cccc3Cl)cccc21. The van der Waals surface area contributed by atoms with Crippen LogP contribution in [0.15, 0.2) is 36.4 Å². The number of benzene rings is 2. The Morgan fingerprint density at radius 2 is 1.78 bits per heavy atom. The summed E-state index contributed by atoms with van der Waals surface area (Å²) in [5.41, 5.74) is 5.77. The van der Waals surface area contributed by atoms with Crippen LogP contribution >= 0.6 is 23.2 Å². The minimum atomic E-state index is -4.67. The van der Waals surface area contributed by atoms with Crippen LogP contribution in [0, 0.1) is 0 Å². The molecule has 1 amide bonds. The molecule has 0 aliphatic heterocycles. The third-order valence-electron chi connectivity index (χ3n) is 3.82. The van der Waals surface area contributed by atoms with Crippen molar-refractivity contribution in [1.29, 1.82) is 0 Å². The molecule has 0 aliphatic carbocycles. The second kappa shape index (κ2) is 7.38. The number of nitrogens with one attached hydrogen (secondary N) is 1. The number of fused-ring (bicyclic) bond motifs is 1. The van der Waals surface area contributed by atoms with Crippen LogP contribution in [-0.4, -0.2) is 22.0 Å². The third kappa shape index (κ3) is 3.73. The van der Waals surface area contributed by atoms with E-state index in [1.165, 1.54) is 30.3 Å². The molecule has 27 heavy (non-hydrogen) atoms. The van der Waals surface area contributed by atoms with Gasteiger partial charge in [-0.15, -0.1) is 0 Å². The number of halogens is 5. The van der Waals surface area contributed by atoms with Crippen LogP contribution in [0.1, 0.15) is 16.2 Å². The number of nitrogens with zero attached hydrogens (tertiary/aromatic N) is 2. The van der Waals surface area contributed by atoms with Crippen LogP contribution in [0.25, 0.3) is 11.0 Å². The van der Waals surface area contributed by atoms with Crippen molar-refractivity contribution in [3.63, 3.8) is 0 Å². The second-order valence-corrected chi connectivity index (χ2v) is 6.41. The highest BCUT2D eigenvalue weighted by atomic mass is 35.5.